The van der Waals surface area contributed by atoms with Gasteiger partial charge >= 0.3 is 0 Å². The summed E-state index contributed by atoms with van der Waals surface area (Å²) >= 11 is 0. The molecule has 0 spiro atoms. The molecule has 0 fully saturated rings. The lowest BCUT2D eigenvalue weighted by atomic mass is 9.96. The lowest BCUT2D eigenvalue weighted by molar-refractivity contribution is 0.547. The Kier molecular flexibility index (Phi) is 3.80. The van der Waals surface area contributed by atoms with Gasteiger partial charge in [0.1, 0.15) is 29.0 Å². The number of anilines is 3. The molecule has 0 saturated carbocycles. The van der Waals surface area contributed by atoms with Gasteiger partial charge in [0.05, 0.1) is 0 Å². The van der Waals surface area contributed by atoms with E-state index in [2.05, 4.69) is 15.3 Å². The molecule has 0 radical (unpaired) electrons. The van der Waals surface area contributed by atoms with E-state index in [0.29, 0.717) is 11.4 Å². The summed E-state index contributed by atoms with van der Waals surface area (Å²) in [5, 5.41) is 2.65. The van der Waals surface area contributed by atoms with E-state index in [1.807, 2.05) is 20.8 Å². The molecule has 3 N–H and O–H groups in total. The highest BCUT2D eigenvalue weighted by molar-refractivity contribution is 5.61. The number of nitrogens with one attached hydrogen (secondary N) is 1. The smallest absolute Gasteiger partial charge is 0.152 e. The van der Waals surface area contributed by atoms with Gasteiger partial charge in [-0.1, -0.05) is 26.8 Å². The average Bonchev–Trinajstić information content (AvgIpc) is 2.38. The second-order valence-electron chi connectivity index (χ2n) is 5.93. The van der Waals surface area contributed by atoms with Gasteiger partial charge in [0, 0.05) is 11.5 Å². The maximum Gasteiger partial charge on any atom is 0.152 e. The molecule has 0 bridgehead atoms. The molecule has 1 aromatic carbocycles. The van der Waals surface area contributed by atoms with Crippen molar-refractivity contribution >= 4 is 17.3 Å². The molecule has 0 aliphatic carbocycles. The van der Waals surface area contributed by atoms with Crippen LogP contribution < -0.4 is 11.1 Å². The molecule has 21 heavy (non-hydrogen) atoms. The van der Waals surface area contributed by atoms with Crippen LogP contribution in [0.5, 0.6) is 0 Å². The third kappa shape index (κ3) is 3.26. The van der Waals surface area contributed by atoms with Crippen LogP contribution in [0, 0.1) is 18.6 Å². The Morgan fingerprint density at radius 2 is 1.81 bits per heavy atom. The summed E-state index contributed by atoms with van der Waals surface area (Å²) in [7, 11) is 0. The van der Waals surface area contributed by atoms with Crippen molar-refractivity contribution in [3.05, 3.63) is 41.2 Å². The van der Waals surface area contributed by atoms with E-state index in [1.54, 1.807) is 6.92 Å². The minimum absolute atomic E-state index is 0.242. The maximum absolute atomic E-state index is 14.0. The number of aromatic nitrogens is 2. The Bertz CT molecular complexity index is 678. The van der Waals surface area contributed by atoms with Gasteiger partial charge in [-0.15, -0.1) is 0 Å². The van der Waals surface area contributed by atoms with Crippen LogP contribution in [0.15, 0.2) is 18.2 Å². The first-order valence-corrected chi connectivity index (χ1v) is 6.55. The standard InChI is InChI=1S/C15H18F2N4/c1-8-5-6-9(16)13(12(8)17)20-11-7-10(18)19-14(21-11)15(2,3)4/h5-7H,1-4H3,(H3,18,19,20,21). The fraction of sp³-hybridized carbons (Fsp3) is 0.333. The lowest BCUT2D eigenvalue weighted by Crippen LogP contribution is -2.18. The van der Waals surface area contributed by atoms with Crippen LogP contribution in [0.4, 0.5) is 26.1 Å². The predicted octanol–water partition coefficient (Wildman–Crippen LogP) is 3.69. The van der Waals surface area contributed by atoms with Crippen molar-refractivity contribution < 1.29 is 8.78 Å². The zero-order valence-corrected chi connectivity index (χ0v) is 12.5. The number of nitrogens with two attached hydrogens (primary N) is 1. The van der Waals surface area contributed by atoms with E-state index < -0.39 is 11.6 Å². The fourth-order valence-electron chi connectivity index (χ4n) is 1.76. The van der Waals surface area contributed by atoms with Crippen molar-refractivity contribution in [1.29, 1.82) is 0 Å². The van der Waals surface area contributed by atoms with E-state index >= 15 is 0 Å². The number of hydrogen-bond acceptors (Lipinski definition) is 4. The molecule has 0 amide bonds. The topological polar surface area (TPSA) is 63.8 Å². The highest BCUT2D eigenvalue weighted by atomic mass is 19.1. The Hall–Kier alpha value is -2.24. The minimum Gasteiger partial charge on any atom is -0.384 e. The van der Waals surface area contributed by atoms with Crippen LogP contribution in [0.1, 0.15) is 32.2 Å². The molecule has 1 heterocycles. The Morgan fingerprint density at radius 3 is 2.43 bits per heavy atom. The van der Waals surface area contributed by atoms with Crippen LogP contribution in [0.25, 0.3) is 0 Å². The summed E-state index contributed by atoms with van der Waals surface area (Å²) in [6.07, 6.45) is 0. The van der Waals surface area contributed by atoms with E-state index in [0.717, 1.165) is 0 Å². The van der Waals surface area contributed by atoms with Crippen LogP contribution in [-0.4, -0.2) is 9.97 Å². The van der Waals surface area contributed by atoms with Crippen LogP contribution in [0.2, 0.25) is 0 Å². The number of nitrogen functional groups attached to an aromatic ring is 1. The fourth-order valence-corrected chi connectivity index (χ4v) is 1.76. The number of aryl methyl sites for hydroxylation is 1. The van der Waals surface area contributed by atoms with Crippen LogP contribution >= 0.6 is 0 Å². The zero-order valence-electron chi connectivity index (χ0n) is 12.5. The number of rotatable bonds is 2. The Labute approximate surface area is 122 Å². The van der Waals surface area contributed by atoms with Crippen molar-refractivity contribution in [3.63, 3.8) is 0 Å². The van der Waals surface area contributed by atoms with Gasteiger partial charge in [0.25, 0.3) is 0 Å². The van der Waals surface area contributed by atoms with Crippen molar-refractivity contribution in [2.75, 3.05) is 11.1 Å². The molecular weight excluding hydrogens is 274 g/mol. The second kappa shape index (κ2) is 5.27. The third-order valence-corrected chi connectivity index (χ3v) is 2.95. The summed E-state index contributed by atoms with van der Waals surface area (Å²) in [4.78, 5) is 8.42. The van der Waals surface area contributed by atoms with Crippen molar-refractivity contribution in [2.45, 2.75) is 33.1 Å². The number of hydrogen-bond donors (Lipinski definition) is 2. The van der Waals surface area contributed by atoms with Crippen LogP contribution in [-0.2, 0) is 5.41 Å². The maximum atomic E-state index is 14.0. The largest absolute Gasteiger partial charge is 0.384 e. The molecule has 2 aromatic rings. The molecule has 4 nitrogen and oxygen atoms in total. The molecule has 112 valence electrons. The summed E-state index contributed by atoms with van der Waals surface area (Å²) in [6, 6.07) is 4.02. The van der Waals surface area contributed by atoms with E-state index in [-0.39, 0.29) is 22.7 Å². The van der Waals surface area contributed by atoms with Crippen molar-refractivity contribution in [2.24, 2.45) is 0 Å². The first-order chi connectivity index (χ1) is 9.68. The number of nitrogens with zero attached hydrogens (tertiary/aromatic N) is 2. The predicted molar refractivity (Wildman–Crippen MR) is 79.5 cm³/mol. The highest BCUT2D eigenvalue weighted by Gasteiger charge is 2.19. The van der Waals surface area contributed by atoms with Gasteiger partial charge in [-0.2, -0.15) is 0 Å². The van der Waals surface area contributed by atoms with Crippen molar-refractivity contribution in [3.8, 4) is 0 Å². The molecule has 0 saturated heterocycles. The molecule has 0 aliphatic heterocycles. The van der Waals surface area contributed by atoms with Crippen molar-refractivity contribution in [1.82, 2.24) is 9.97 Å². The average molecular weight is 292 g/mol. The Morgan fingerprint density at radius 1 is 1.14 bits per heavy atom. The normalized spacial score (nSPS) is 11.5. The molecule has 0 aliphatic rings. The van der Waals surface area contributed by atoms with Gasteiger partial charge in [-0.05, 0) is 18.6 Å². The van der Waals surface area contributed by atoms with Gasteiger partial charge in [-0.3, -0.25) is 0 Å². The highest BCUT2D eigenvalue weighted by Crippen LogP contribution is 2.27. The second-order valence-corrected chi connectivity index (χ2v) is 5.93. The van der Waals surface area contributed by atoms with Gasteiger partial charge < -0.3 is 11.1 Å². The lowest BCUT2D eigenvalue weighted by Gasteiger charge is -2.18. The molecule has 6 heteroatoms. The number of halogens is 2. The summed E-state index contributed by atoms with van der Waals surface area (Å²) in [5.41, 5.74) is 5.52. The zero-order chi connectivity index (χ0) is 15.8. The van der Waals surface area contributed by atoms with E-state index in [1.165, 1.54) is 18.2 Å². The monoisotopic (exact) mass is 292 g/mol. The number of benzene rings is 1. The molecule has 1 aromatic heterocycles. The van der Waals surface area contributed by atoms with Gasteiger partial charge in [-0.25, -0.2) is 18.7 Å². The molecular formula is C15H18F2N4. The third-order valence-electron chi connectivity index (χ3n) is 2.95. The molecule has 2 rings (SSSR count). The Balaban J connectivity index is 2.46. The first-order valence-electron chi connectivity index (χ1n) is 6.55. The molecule has 0 atom stereocenters. The van der Waals surface area contributed by atoms with E-state index in [4.69, 9.17) is 5.73 Å². The molecule has 0 unspecified atom stereocenters. The summed E-state index contributed by atoms with van der Waals surface area (Å²) in [5.74, 6) is -0.336. The quantitative estimate of drug-likeness (QED) is 0.886. The first kappa shape index (κ1) is 15.2. The van der Waals surface area contributed by atoms with Crippen LogP contribution in [0.3, 0.4) is 0 Å². The summed E-state index contributed by atoms with van der Waals surface area (Å²) < 4.78 is 27.8. The van der Waals surface area contributed by atoms with E-state index in [9.17, 15) is 8.78 Å². The van der Waals surface area contributed by atoms with Gasteiger partial charge in [0.15, 0.2) is 5.82 Å². The SMILES string of the molecule is Cc1ccc(F)c(Nc2cc(N)nc(C(C)(C)C)n2)c1F. The minimum atomic E-state index is -0.687. The van der Waals surface area contributed by atoms with Gasteiger partial charge in [0.2, 0.25) is 0 Å². The summed E-state index contributed by atoms with van der Waals surface area (Å²) in [6.45, 7) is 7.35.